The third-order valence-corrected chi connectivity index (χ3v) is 3.78. The number of rotatable bonds is 8. The fraction of sp³-hybridized carbons (Fsp3) is 0.474. The molecule has 2 rings (SSSR count). The minimum atomic E-state index is -0.729. The van der Waals surface area contributed by atoms with Crippen molar-refractivity contribution >= 4 is 5.91 Å². The molecule has 0 spiro atoms. The van der Waals surface area contributed by atoms with Gasteiger partial charge in [0.15, 0.2) is 0 Å². The number of carbonyl (C=O) groups is 1. The van der Waals surface area contributed by atoms with E-state index in [1.807, 2.05) is 58.0 Å². The number of amides is 1. The number of ether oxygens (including phenoxy) is 1. The molecule has 1 aromatic heterocycles. The van der Waals surface area contributed by atoms with Crippen molar-refractivity contribution in [2.24, 2.45) is 5.92 Å². The summed E-state index contributed by atoms with van der Waals surface area (Å²) in [5.74, 6) is 0.177. The van der Waals surface area contributed by atoms with E-state index in [1.165, 1.54) is 0 Å². The Bertz CT molecular complexity index is 695. The molecule has 1 heterocycles. The zero-order valence-electron chi connectivity index (χ0n) is 15.3. The fourth-order valence-electron chi connectivity index (χ4n) is 2.59. The van der Waals surface area contributed by atoms with Crippen LogP contribution in [0.5, 0.6) is 0 Å². The van der Waals surface area contributed by atoms with Crippen LogP contribution in [0.25, 0.3) is 5.69 Å². The molecule has 0 aliphatic heterocycles. The highest BCUT2D eigenvalue weighted by molar-refractivity contribution is 5.96. The number of benzene rings is 1. The zero-order chi connectivity index (χ0) is 18.4. The number of nitrogens with one attached hydrogen (secondary N) is 1. The van der Waals surface area contributed by atoms with Gasteiger partial charge in [-0.25, -0.2) is 4.68 Å². The van der Waals surface area contributed by atoms with Crippen LogP contribution in [0.15, 0.2) is 30.3 Å². The van der Waals surface area contributed by atoms with E-state index in [1.54, 1.807) is 4.68 Å². The molecule has 1 aromatic carbocycles. The van der Waals surface area contributed by atoms with Gasteiger partial charge in [0, 0.05) is 13.2 Å². The van der Waals surface area contributed by atoms with Gasteiger partial charge in [-0.15, -0.1) is 0 Å². The molecule has 6 heteroatoms. The third-order valence-electron chi connectivity index (χ3n) is 3.78. The van der Waals surface area contributed by atoms with Crippen molar-refractivity contribution in [1.29, 1.82) is 0 Å². The van der Waals surface area contributed by atoms with Crippen LogP contribution in [-0.2, 0) is 4.74 Å². The van der Waals surface area contributed by atoms with E-state index in [0.29, 0.717) is 23.8 Å². The molecule has 1 atom stereocenters. The van der Waals surface area contributed by atoms with E-state index in [0.717, 1.165) is 11.4 Å². The number of para-hydroxylation sites is 1. The molecule has 0 radical (unpaired) electrons. The largest absolute Gasteiger partial charge is 0.389 e. The van der Waals surface area contributed by atoms with Crippen molar-refractivity contribution < 1.29 is 14.6 Å². The lowest BCUT2D eigenvalue weighted by Crippen LogP contribution is -2.35. The van der Waals surface area contributed by atoms with Gasteiger partial charge >= 0.3 is 0 Å². The third kappa shape index (κ3) is 5.14. The summed E-state index contributed by atoms with van der Waals surface area (Å²) >= 11 is 0. The smallest absolute Gasteiger partial charge is 0.255 e. The zero-order valence-corrected chi connectivity index (χ0v) is 15.3. The van der Waals surface area contributed by atoms with E-state index in [9.17, 15) is 9.90 Å². The number of hydrogen-bond acceptors (Lipinski definition) is 4. The van der Waals surface area contributed by atoms with E-state index < -0.39 is 6.10 Å². The van der Waals surface area contributed by atoms with Gasteiger partial charge in [0.25, 0.3) is 5.91 Å². The average Bonchev–Trinajstić information content (AvgIpc) is 2.88. The molecule has 0 bridgehead atoms. The van der Waals surface area contributed by atoms with Crippen LogP contribution in [0, 0.1) is 19.8 Å². The molecule has 2 aromatic rings. The summed E-state index contributed by atoms with van der Waals surface area (Å²) in [5, 5.41) is 17.1. The van der Waals surface area contributed by atoms with E-state index in [-0.39, 0.29) is 19.1 Å². The molecule has 136 valence electrons. The highest BCUT2D eigenvalue weighted by Gasteiger charge is 2.20. The first-order valence-electron chi connectivity index (χ1n) is 8.55. The minimum Gasteiger partial charge on any atom is -0.389 e. The van der Waals surface area contributed by atoms with Crippen LogP contribution in [-0.4, -0.2) is 46.7 Å². The van der Waals surface area contributed by atoms with Crippen LogP contribution in [0.1, 0.15) is 35.6 Å². The Morgan fingerprint density at radius 1 is 1.24 bits per heavy atom. The van der Waals surface area contributed by atoms with Crippen molar-refractivity contribution in [1.82, 2.24) is 15.1 Å². The predicted molar refractivity (Wildman–Crippen MR) is 97.0 cm³/mol. The summed E-state index contributed by atoms with van der Waals surface area (Å²) < 4.78 is 7.14. The van der Waals surface area contributed by atoms with Crippen molar-refractivity contribution in [2.45, 2.75) is 33.8 Å². The second kappa shape index (κ2) is 8.78. The van der Waals surface area contributed by atoms with Crippen molar-refractivity contribution in [3.8, 4) is 5.69 Å². The van der Waals surface area contributed by atoms with Gasteiger partial charge in [0.1, 0.15) is 0 Å². The quantitative estimate of drug-likeness (QED) is 0.769. The van der Waals surface area contributed by atoms with Gasteiger partial charge in [0.05, 0.1) is 35.3 Å². The minimum absolute atomic E-state index is 0.145. The van der Waals surface area contributed by atoms with E-state index in [2.05, 4.69) is 10.4 Å². The van der Waals surface area contributed by atoms with Gasteiger partial charge in [0.2, 0.25) is 0 Å². The average molecular weight is 345 g/mol. The SMILES string of the molecule is Cc1nn(-c2ccccc2)c(C)c1C(=O)NCC(O)COCC(C)C. The Morgan fingerprint density at radius 3 is 2.56 bits per heavy atom. The van der Waals surface area contributed by atoms with Gasteiger partial charge in [-0.1, -0.05) is 32.0 Å². The molecule has 0 fully saturated rings. The first-order chi connectivity index (χ1) is 11.9. The number of aromatic nitrogens is 2. The number of hydrogen-bond donors (Lipinski definition) is 2. The highest BCUT2D eigenvalue weighted by atomic mass is 16.5. The number of nitrogens with zero attached hydrogens (tertiary/aromatic N) is 2. The second-order valence-electron chi connectivity index (χ2n) is 6.59. The molecule has 0 saturated heterocycles. The molecular formula is C19H27N3O3. The van der Waals surface area contributed by atoms with Gasteiger partial charge in [-0.2, -0.15) is 5.10 Å². The second-order valence-corrected chi connectivity index (χ2v) is 6.59. The molecule has 0 aliphatic rings. The first kappa shape index (κ1) is 19.1. The summed E-state index contributed by atoms with van der Waals surface area (Å²) in [5.41, 5.74) is 2.87. The fourth-order valence-corrected chi connectivity index (χ4v) is 2.59. The summed E-state index contributed by atoms with van der Waals surface area (Å²) in [4.78, 5) is 12.5. The number of aliphatic hydroxyl groups excluding tert-OH is 1. The molecular weight excluding hydrogens is 318 g/mol. The van der Waals surface area contributed by atoms with Crippen LogP contribution in [0.3, 0.4) is 0 Å². The van der Waals surface area contributed by atoms with Crippen molar-refractivity contribution in [3.05, 3.63) is 47.3 Å². The lowest BCUT2D eigenvalue weighted by Gasteiger charge is -2.13. The molecule has 1 amide bonds. The lowest BCUT2D eigenvalue weighted by atomic mass is 10.2. The summed E-state index contributed by atoms with van der Waals surface area (Å²) in [6.45, 7) is 8.71. The van der Waals surface area contributed by atoms with Crippen molar-refractivity contribution in [3.63, 3.8) is 0 Å². The Kier molecular flexibility index (Phi) is 6.73. The van der Waals surface area contributed by atoms with Crippen molar-refractivity contribution in [2.75, 3.05) is 19.8 Å². The normalized spacial score (nSPS) is 12.4. The van der Waals surface area contributed by atoms with Gasteiger partial charge < -0.3 is 15.2 Å². The molecule has 2 N–H and O–H groups in total. The molecule has 6 nitrogen and oxygen atoms in total. The number of carbonyl (C=O) groups excluding carboxylic acids is 1. The highest BCUT2D eigenvalue weighted by Crippen LogP contribution is 2.17. The number of aryl methyl sites for hydroxylation is 1. The predicted octanol–water partition coefficient (Wildman–Crippen LogP) is 2.25. The standard InChI is InChI=1S/C19H27N3O3/c1-13(2)11-25-12-17(23)10-20-19(24)18-14(3)21-22(15(18)4)16-8-6-5-7-9-16/h5-9,13,17,23H,10-12H2,1-4H3,(H,20,24). The molecule has 25 heavy (non-hydrogen) atoms. The molecule has 0 aliphatic carbocycles. The van der Waals surface area contributed by atoms with Crippen LogP contribution in [0.4, 0.5) is 0 Å². The van der Waals surface area contributed by atoms with Crippen LogP contribution < -0.4 is 5.32 Å². The molecule has 0 saturated carbocycles. The van der Waals surface area contributed by atoms with Crippen LogP contribution >= 0.6 is 0 Å². The number of aliphatic hydroxyl groups is 1. The van der Waals surface area contributed by atoms with Gasteiger partial charge in [-0.05, 0) is 31.9 Å². The topological polar surface area (TPSA) is 76.4 Å². The summed E-state index contributed by atoms with van der Waals surface area (Å²) in [6.07, 6.45) is -0.729. The molecule has 1 unspecified atom stereocenters. The Morgan fingerprint density at radius 2 is 1.92 bits per heavy atom. The Balaban J connectivity index is 1.99. The first-order valence-corrected chi connectivity index (χ1v) is 8.55. The summed E-state index contributed by atoms with van der Waals surface area (Å²) in [7, 11) is 0. The summed E-state index contributed by atoms with van der Waals surface area (Å²) in [6, 6.07) is 9.68. The maximum absolute atomic E-state index is 12.5. The van der Waals surface area contributed by atoms with E-state index in [4.69, 9.17) is 4.74 Å². The maximum atomic E-state index is 12.5. The Labute approximate surface area is 148 Å². The van der Waals surface area contributed by atoms with Gasteiger partial charge in [-0.3, -0.25) is 4.79 Å². The van der Waals surface area contributed by atoms with E-state index >= 15 is 0 Å². The maximum Gasteiger partial charge on any atom is 0.255 e. The monoisotopic (exact) mass is 345 g/mol. The lowest BCUT2D eigenvalue weighted by molar-refractivity contribution is 0.0259. The van der Waals surface area contributed by atoms with Crippen LogP contribution in [0.2, 0.25) is 0 Å². The Hall–Kier alpha value is -2.18.